The monoisotopic (exact) mass is 379 g/mol. The van der Waals surface area contributed by atoms with Gasteiger partial charge in [-0.1, -0.05) is 11.6 Å². The number of rotatable bonds is 3. The fourth-order valence-corrected chi connectivity index (χ4v) is 2.99. The van der Waals surface area contributed by atoms with Gasteiger partial charge in [0.05, 0.1) is 12.6 Å². The Labute approximate surface area is 149 Å². The largest absolute Gasteiger partial charge is 0.343 e. The van der Waals surface area contributed by atoms with E-state index in [0.717, 1.165) is 0 Å². The van der Waals surface area contributed by atoms with E-state index in [1.54, 1.807) is 29.2 Å². The first-order valence-electron chi connectivity index (χ1n) is 7.34. The molecule has 2 saturated heterocycles. The van der Waals surface area contributed by atoms with Crippen LogP contribution < -0.4 is 15.5 Å². The predicted octanol–water partition coefficient (Wildman–Crippen LogP) is 1.98. The van der Waals surface area contributed by atoms with Crippen LogP contribution in [-0.4, -0.2) is 42.9 Å². The van der Waals surface area contributed by atoms with Crippen molar-refractivity contribution < 1.29 is 18.4 Å². The second-order valence-corrected chi connectivity index (χ2v) is 6.25. The first-order valence-corrected chi connectivity index (χ1v) is 7.72. The molecule has 5 nitrogen and oxygen atoms in total. The molecule has 0 aliphatic carbocycles. The lowest BCUT2D eigenvalue weighted by Crippen LogP contribution is -2.48. The molecule has 2 aliphatic rings. The van der Waals surface area contributed by atoms with Gasteiger partial charge >= 0.3 is 0 Å². The maximum absolute atomic E-state index is 13.1. The highest BCUT2D eigenvalue weighted by Gasteiger charge is 2.43. The van der Waals surface area contributed by atoms with Gasteiger partial charge in [-0.15, -0.1) is 12.4 Å². The minimum atomic E-state index is -2.88. The van der Waals surface area contributed by atoms with E-state index in [0.29, 0.717) is 23.7 Å². The molecule has 0 radical (unpaired) electrons. The summed E-state index contributed by atoms with van der Waals surface area (Å²) in [5.41, 5.74) is 0.696. The van der Waals surface area contributed by atoms with Crippen molar-refractivity contribution in [3.05, 3.63) is 29.3 Å². The second-order valence-electron chi connectivity index (χ2n) is 5.81. The zero-order valence-corrected chi connectivity index (χ0v) is 14.2. The maximum Gasteiger partial charge on any atom is 0.262 e. The van der Waals surface area contributed by atoms with Gasteiger partial charge in [0.2, 0.25) is 11.8 Å². The van der Waals surface area contributed by atoms with Crippen LogP contribution in [0, 0.1) is 0 Å². The van der Waals surface area contributed by atoms with Crippen LogP contribution in [0.4, 0.5) is 14.5 Å². The Morgan fingerprint density at radius 2 is 2.00 bits per heavy atom. The number of anilines is 1. The lowest BCUT2D eigenvalue weighted by molar-refractivity contribution is -0.127. The maximum atomic E-state index is 13.1. The van der Waals surface area contributed by atoms with Gasteiger partial charge in [-0.3, -0.25) is 14.9 Å². The quantitative estimate of drug-likeness (QED) is 0.843. The minimum absolute atomic E-state index is 0. The number of carbonyl (C=O) groups is 2. The van der Waals surface area contributed by atoms with Crippen molar-refractivity contribution >= 4 is 41.5 Å². The topological polar surface area (TPSA) is 61.4 Å². The SMILES string of the molecule is Cl.O=C(NC1CCN(c2ccc(Cl)cc2)C1=O)C1CC(F)(F)CN1. The molecule has 0 saturated carbocycles. The summed E-state index contributed by atoms with van der Waals surface area (Å²) in [5.74, 6) is -3.68. The summed E-state index contributed by atoms with van der Waals surface area (Å²) in [6.07, 6.45) is -0.100. The third-order valence-electron chi connectivity index (χ3n) is 4.09. The van der Waals surface area contributed by atoms with E-state index in [2.05, 4.69) is 10.6 Å². The molecule has 132 valence electrons. The van der Waals surface area contributed by atoms with Crippen LogP contribution in [0.5, 0.6) is 0 Å². The molecule has 0 spiro atoms. The number of hydrogen-bond donors (Lipinski definition) is 2. The number of alkyl halides is 2. The average molecular weight is 380 g/mol. The standard InChI is InChI=1S/C15H16ClF2N3O2.ClH/c16-9-1-3-10(4-2-9)21-6-5-11(14(21)23)20-13(22)12-7-15(17,18)8-19-12;/h1-4,11-12,19H,5-8H2,(H,20,22);1H. The Kier molecular flexibility index (Phi) is 5.67. The van der Waals surface area contributed by atoms with Crippen LogP contribution in [0.2, 0.25) is 5.02 Å². The van der Waals surface area contributed by atoms with Gasteiger partial charge in [-0.05, 0) is 30.7 Å². The van der Waals surface area contributed by atoms with Gasteiger partial charge < -0.3 is 10.2 Å². The summed E-state index contributed by atoms with van der Waals surface area (Å²) >= 11 is 5.82. The number of amides is 2. The Hall–Kier alpha value is -1.44. The molecule has 2 N–H and O–H groups in total. The van der Waals surface area contributed by atoms with Crippen molar-refractivity contribution in [3.8, 4) is 0 Å². The van der Waals surface area contributed by atoms with Crippen molar-refractivity contribution in [3.63, 3.8) is 0 Å². The Balaban J connectivity index is 0.00000208. The van der Waals surface area contributed by atoms with E-state index in [4.69, 9.17) is 11.6 Å². The molecule has 3 rings (SSSR count). The van der Waals surface area contributed by atoms with Crippen molar-refractivity contribution in [1.82, 2.24) is 10.6 Å². The molecule has 1 aromatic rings. The summed E-state index contributed by atoms with van der Waals surface area (Å²) in [6.45, 7) is -0.0553. The number of nitrogens with one attached hydrogen (secondary N) is 2. The van der Waals surface area contributed by atoms with E-state index in [1.165, 1.54) is 0 Å². The highest BCUT2D eigenvalue weighted by Crippen LogP contribution is 2.26. The molecule has 2 unspecified atom stereocenters. The molecule has 2 atom stereocenters. The van der Waals surface area contributed by atoms with Gasteiger partial charge in [0.15, 0.2) is 0 Å². The van der Waals surface area contributed by atoms with Crippen molar-refractivity contribution in [2.24, 2.45) is 0 Å². The lowest BCUT2D eigenvalue weighted by Gasteiger charge is -2.18. The summed E-state index contributed by atoms with van der Waals surface area (Å²) in [7, 11) is 0. The van der Waals surface area contributed by atoms with Gasteiger partial charge in [-0.25, -0.2) is 8.78 Å². The van der Waals surface area contributed by atoms with Crippen LogP contribution in [-0.2, 0) is 9.59 Å². The van der Waals surface area contributed by atoms with Crippen LogP contribution >= 0.6 is 24.0 Å². The normalized spacial score (nSPS) is 25.5. The van der Waals surface area contributed by atoms with Gasteiger partial charge in [0, 0.05) is 23.7 Å². The second kappa shape index (κ2) is 7.21. The molecule has 24 heavy (non-hydrogen) atoms. The molecule has 9 heteroatoms. The highest BCUT2D eigenvalue weighted by atomic mass is 35.5. The summed E-state index contributed by atoms with van der Waals surface area (Å²) in [5, 5.41) is 5.62. The lowest BCUT2D eigenvalue weighted by atomic mass is 10.1. The number of nitrogens with zero attached hydrogens (tertiary/aromatic N) is 1. The fraction of sp³-hybridized carbons (Fsp3) is 0.467. The van der Waals surface area contributed by atoms with E-state index in [1.807, 2.05) is 0 Å². The zero-order valence-electron chi connectivity index (χ0n) is 12.6. The third kappa shape index (κ3) is 3.96. The molecule has 2 amide bonds. The van der Waals surface area contributed by atoms with Crippen molar-refractivity contribution in [2.75, 3.05) is 18.0 Å². The van der Waals surface area contributed by atoms with E-state index in [-0.39, 0.29) is 18.3 Å². The van der Waals surface area contributed by atoms with E-state index < -0.39 is 36.9 Å². The van der Waals surface area contributed by atoms with Crippen molar-refractivity contribution in [1.29, 1.82) is 0 Å². The van der Waals surface area contributed by atoms with Crippen LogP contribution in [0.1, 0.15) is 12.8 Å². The van der Waals surface area contributed by atoms with Crippen LogP contribution in [0.25, 0.3) is 0 Å². The predicted molar refractivity (Wildman–Crippen MR) is 89.0 cm³/mol. The Morgan fingerprint density at radius 1 is 1.33 bits per heavy atom. The van der Waals surface area contributed by atoms with Gasteiger partial charge in [0.25, 0.3) is 5.92 Å². The number of halogens is 4. The van der Waals surface area contributed by atoms with E-state index >= 15 is 0 Å². The molecular formula is C15H17Cl2F2N3O2. The van der Waals surface area contributed by atoms with E-state index in [9.17, 15) is 18.4 Å². The molecule has 2 aliphatic heterocycles. The first kappa shape index (κ1) is 18.9. The van der Waals surface area contributed by atoms with Crippen molar-refractivity contribution in [2.45, 2.75) is 30.8 Å². The van der Waals surface area contributed by atoms with Gasteiger partial charge in [-0.2, -0.15) is 0 Å². The summed E-state index contributed by atoms with van der Waals surface area (Å²) in [6, 6.07) is 5.17. The molecule has 1 aromatic carbocycles. The molecule has 2 fully saturated rings. The molecular weight excluding hydrogens is 363 g/mol. The summed E-state index contributed by atoms with van der Waals surface area (Å²) < 4.78 is 26.3. The number of carbonyl (C=O) groups excluding carboxylic acids is 2. The zero-order chi connectivity index (χ0) is 16.6. The van der Waals surface area contributed by atoms with Gasteiger partial charge in [0.1, 0.15) is 6.04 Å². The third-order valence-corrected chi connectivity index (χ3v) is 4.34. The smallest absolute Gasteiger partial charge is 0.262 e. The average Bonchev–Trinajstić information content (AvgIpc) is 3.04. The minimum Gasteiger partial charge on any atom is -0.343 e. The van der Waals surface area contributed by atoms with Crippen LogP contribution in [0.3, 0.4) is 0 Å². The number of hydrogen-bond acceptors (Lipinski definition) is 3. The summed E-state index contributed by atoms with van der Waals surface area (Å²) in [4.78, 5) is 26.0. The Bertz CT molecular complexity index is 628. The van der Waals surface area contributed by atoms with Crippen LogP contribution in [0.15, 0.2) is 24.3 Å². The number of benzene rings is 1. The Morgan fingerprint density at radius 3 is 2.58 bits per heavy atom. The first-order chi connectivity index (χ1) is 10.9. The molecule has 0 bridgehead atoms. The highest BCUT2D eigenvalue weighted by molar-refractivity contribution is 6.30. The molecule has 2 heterocycles. The fourth-order valence-electron chi connectivity index (χ4n) is 2.86. The molecule has 0 aromatic heterocycles.